The Labute approximate surface area is 210 Å². The van der Waals surface area contributed by atoms with Gasteiger partial charge < -0.3 is 30.4 Å². The molecule has 2 amide bonds. The highest BCUT2D eigenvalue weighted by molar-refractivity contribution is 5.97. The van der Waals surface area contributed by atoms with Gasteiger partial charge in [-0.3, -0.25) is 14.4 Å². The van der Waals surface area contributed by atoms with Crippen LogP contribution in [-0.4, -0.2) is 77.5 Å². The number of Topliss-reactive ketones (excluding diaryl/α,β-unsaturated/α-hetero) is 1. The molecule has 0 bridgehead atoms. The molecule has 1 aromatic heterocycles. The molecule has 1 saturated heterocycles. The summed E-state index contributed by atoms with van der Waals surface area (Å²) in [5, 5.41) is 12.5. The minimum absolute atomic E-state index is 0.0258. The van der Waals surface area contributed by atoms with Crippen LogP contribution in [0.3, 0.4) is 0 Å². The van der Waals surface area contributed by atoms with Gasteiger partial charge in [0.2, 0.25) is 5.91 Å². The van der Waals surface area contributed by atoms with Crippen LogP contribution in [0.25, 0.3) is 0 Å². The molecular weight excluding hydrogens is 464 g/mol. The van der Waals surface area contributed by atoms with Crippen LogP contribution in [0.15, 0.2) is 48.8 Å². The highest BCUT2D eigenvalue weighted by Gasteiger charge is 2.55. The Balaban J connectivity index is 2.18. The Kier molecular flexibility index (Phi) is 8.00. The first kappa shape index (κ1) is 27.1. The quantitative estimate of drug-likeness (QED) is 0.423. The van der Waals surface area contributed by atoms with Crippen molar-refractivity contribution < 1.29 is 29.0 Å². The van der Waals surface area contributed by atoms with Gasteiger partial charge in [-0.25, -0.2) is 4.79 Å². The van der Waals surface area contributed by atoms with E-state index in [1.807, 2.05) is 19.0 Å². The van der Waals surface area contributed by atoms with E-state index >= 15 is 0 Å². The number of primary amides is 1. The number of nitrogens with one attached hydrogen (secondary N) is 1. The molecule has 36 heavy (non-hydrogen) atoms. The Hall–Kier alpha value is -3.50. The van der Waals surface area contributed by atoms with Gasteiger partial charge in [-0.05, 0) is 32.1 Å². The number of carboxylic acids is 1. The zero-order chi connectivity index (χ0) is 26.7. The molecule has 1 aliphatic heterocycles. The van der Waals surface area contributed by atoms with E-state index in [1.54, 1.807) is 44.2 Å². The number of hydrogen-bond acceptors (Lipinski definition) is 6. The fraction of sp³-hybridized carbons (Fsp3) is 0.462. The second kappa shape index (κ2) is 10.6. The van der Waals surface area contributed by atoms with Crippen LogP contribution >= 0.6 is 0 Å². The fourth-order valence-corrected chi connectivity index (χ4v) is 5.06. The van der Waals surface area contributed by atoms with Crippen LogP contribution in [0.1, 0.15) is 42.6 Å². The predicted octanol–water partition coefficient (Wildman–Crippen LogP) is 1.24. The molecule has 3 rings (SSSR count). The number of nitrogens with zero attached hydrogens (tertiary/aromatic N) is 2. The third kappa shape index (κ3) is 5.19. The van der Waals surface area contributed by atoms with E-state index in [4.69, 9.17) is 10.5 Å². The molecule has 1 aliphatic rings. The van der Waals surface area contributed by atoms with Gasteiger partial charge in [0.1, 0.15) is 12.6 Å². The van der Waals surface area contributed by atoms with Gasteiger partial charge in [-0.1, -0.05) is 44.2 Å². The van der Waals surface area contributed by atoms with Crippen LogP contribution < -0.4 is 11.1 Å². The maximum absolute atomic E-state index is 14.4. The van der Waals surface area contributed by atoms with Crippen molar-refractivity contribution in [3.8, 4) is 0 Å². The topological polar surface area (TPSA) is 144 Å². The van der Waals surface area contributed by atoms with Gasteiger partial charge in [-0.15, -0.1) is 0 Å². The first-order valence-electron chi connectivity index (χ1n) is 11.8. The average Bonchev–Trinajstić information content (AvgIpc) is 3.40. The first-order valence-corrected chi connectivity index (χ1v) is 11.8. The van der Waals surface area contributed by atoms with Crippen LogP contribution in [0.5, 0.6) is 0 Å². The number of aromatic nitrogens is 1. The van der Waals surface area contributed by atoms with Crippen molar-refractivity contribution in [2.45, 2.75) is 44.4 Å². The highest BCUT2D eigenvalue weighted by atomic mass is 16.5. The van der Waals surface area contributed by atoms with Gasteiger partial charge in [0, 0.05) is 30.8 Å². The van der Waals surface area contributed by atoms with Crippen molar-refractivity contribution in [1.82, 2.24) is 14.8 Å². The number of benzene rings is 1. The molecular formula is C26H34N4O6. The zero-order valence-corrected chi connectivity index (χ0v) is 21.1. The summed E-state index contributed by atoms with van der Waals surface area (Å²) in [7, 11) is 3.81. The molecule has 1 fully saturated rings. The Morgan fingerprint density at radius 1 is 1.19 bits per heavy atom. The lowest BCUT2D eigenvalue weighted by Gasteiger charge is -2.47. The summed E-state index contributed by atoms with van der Waals surface area (Å²) in [5.41, 5.74) is 3.34. The van der Waals surface area contributed by atoms with Crippen LogP contribution in [0.2, 0.25) is 0 Å². The van der Waals surface area contributed by atoms with E-state index in [-0.39, 0.29) is 24.4 Å². The van der Waals surface area contributed by atoms with E-state index < -0.39 is 40.9 Å². The zero-order valence-electron chi connectivity index (χ0n) is 21.1. The lowest BCUT2D eigenvalue weighted by Crippen LogP contribution is -2.62. The van der Waals surface area contributed by atoms with E-state index in [1.165, 1.54) is 23.0 Å². The van der Waals surface area contributed by atoms with E-state index in [2.05, 4.69) is 5.32 Å². The second-order valence-electron chi connectivity index (χ2n) is 10.1. The second-order valence-corrected chi connectivity index (χ2v) is 10.1. The lowest BCUT2D eigenvalue weighted by molar-refractivity contribution is -0.138. The predicted molar refractivity (Wildman–Crippen MR) is 132 cm³/mol. The smallest absolute Gasteiger partial charge is 0.337 e. The minimum Gasteiger partial charge on any atom is -0.478 e. The van der Waals surface area contributed by atoms with Gasteiger partial charge >= 0.3 is 5.97 Å². The van der Waals surface area contributed by atoms with Crippen molar-refractivity contribution in [3.63, 3.8) is 0 Å². The summed E-state index contributed by atoms with van der Waals surface area (Å²) in [5.74, 6) is -2.60. The highest BCUT2D eigenvalue weighted by Crippen LogP contribution is 2.46. The fourth-order valence-electron chi connectivity index (χ4n) is 5.06. The summed E-state index contributed by atoms with van der Waals surface area (Å²) < 4.78 is 7.19. The lowest BCUT2D eigenvalue weighted by atomic mass is 9.65. The first-order chi connectivity index (χ1) is 16.9. The Bertz CT molecular complexity index is 1130. The number of amides is 2. The van der Waals surface area contributed by atoms with E-state index in [0.29, 0.717) is 18.5 Å². The van der Waals surface area contributed by atoms with E-state index in [0.717, 1.165) is 0 Å². The van der Waals surface area contributed by atoms with Crippen molar-refractivity contribution >= 4 is 23.6 Å². The molecule has 10 heteroatoms. The molecule has 10 nitrogen and oxygen atoms in total. The number of carbonyl (C=O) groups is 4. The van der Waals surface area contributed by atoms with Crippen LogP contribution in [0.4, 0.5) is 0 Å². The van der Waals surface area contributed by atoms with Crippen LogP contribution in [0, 0.1) is 5.41 Å². The number of carbonyl (C=O) groups excluding carboxylic acids is 3. The number of carboxylic acid groups (broad SMARTS) is 1. The van der Waals surface area contributed by atoms with Gasteiger partial charge in [0.15, 0.2) is 11.3 Å². The summed E-state index contributed by atoms with van der Waals surface area (Å²) >= 11 is 0. The van der Waals surface area contributed by atoms with Gasteiger partial charge in [0.05, 0.1) is 11.7 Å². The Morgan fingerprint density at radius 3 is 2.42 bits per heavy atom. The molecule has 3 unspecified atom stereocenters. The number of nitrogens with two attached hydrogens (primary N) is 1. The summed E-state index contributed by atoms with van der Waals surface area (Å²) in [6.07, 6.45) is 2.67. The molecule has 0 spiro atoms. The molecule has 0 radical (unpaired) electrons. The number of ketones is 1. The number of aromatic carboxylic acids is 1. The molecule has 4 N–H and O–H groups in total. The van der Waals surface area contributed by atoms with Crippen molar-refractivity contribution in [3.05, 3.63) is 59.9 Å². The van der Waals surface area contributed by atoms with Gasteiger partial charge in [0.25, 0.3) is 5.91 Å². The van der Waals surface area contributed by atoms with Crippen LogP contribution in [-0.2, 0) is 24.7 Å². The number of hydrogen-bond donors (Lipinski definition) is 3. The summed E-state index contributed by atoms with van der Waals surface area (Å²) in [4.78, 5) is 53.0. The molecule has 2 aromatic rings. The third-order valence-corrected chi connectivity index (χ3v) is 6.75. The maximum atomic E-state index is 14.4. The average molecular weight is 499 g/mol. The normalized spacial score (nSPS) is 19.8. The standard InChI is InChI=1S/C26H34N4O6/c1-25(2,14-21(27)32)26(18-8-6-5-7-9-18,30-13-10-17(15-30)23(33)34)24(35)28-22-19(31)16-36-20(22)11-12-29(3)4/h5-10,13,15,20,22H,11-12,14,16H2,1-4H3,(H2,27,32)(H,28,35)(H,33,34). The molecule has 3 atom stereocenters. The van der Waals surface area contributed by atoms with Gasteiger partial charge in [-0.2, -0.15) is 0 Å². The summed E-state index contributed by atoms with van der Waals surface area (Å²) in [6, 6.07) is 9.26. The number of ether oxygens (including phenoxy) is 1. The van der Waals surface area contributed by atoms with Crippen molar-refractivity contribution in [1.29, 1.82) is 0 Å². The molecule has 0 saturated carbocycles. The minimum atomic E-state index is -1.62. The molecule has 0 aliphatic carbocycles. The van der Waals surface area contributed by atoms with Crippen molar-refractivity contribution in [2.75, 3.05) is 27.2 Å². The monoisotopic (exact) mass is 498 g/mol. The largest absolute Gasteiger partial charge is 0.478 e. The molecule has 1 aromatic carbocycles. The third-order valence-electron chi connectivity index (χ3n) is 6.75. The van der Waals surface area contributed by atoms with E-state index in [9.17, 15) is 24.3 Å². The maximum Gasteiger partial charge on any atom is 0.337 e. The van der Waals surface area contributed by atoms with Crippen molar-refractivity contribution in [2.24, 2.45) is 11.1 Å². The number of rotatable bonds is 11. The summed E-state index contributed by atoms with van der Waals surface area (Å²) in [6.45, 7) is 3.99. The Morgan fingerprint density at radius 2 is 1.86 bits per heavy atom. The molecule has 194 valence electrons. The molecule has 2 heterocycles. The SMILES string of the molecule is CN(C)CCC1OCC(=O)C1NC(=O)C(c1ccccc1)(n1ccc(C(=O)O)c1)C(C)(C)CC(N)=O.